The van der Waals surface area contributed by atoms with Crippen molar-refractivity contribution in [2.45, 2.75) is 0 Å². The number of nitrogens with zero attached hydrogens (tertiary/aromatic N) is 2. The molecule has 0 radical (unpaired) electrons. The topological polar surface area (TPSA) is 35.0 Å². The molecule has 2 rings (SSSR count). The van der Waals surface area contributed by atoms with Crippen LogP contribution in [0.25, 0.3) is 11.3 Å². The summed E-state index contributed by atoms with van der Waals surface area (Å²) in [6.07, 6.45) is 0. The summed E-state index contributed by atoms with van der Waals surface area (Å²) in [7, 11) is 1.51. The number of methoxy groups -OCH3 is 1. The molecule has 0 aliphatic carbocycles. The van der Waals surface area contributed by atoms with Gasteiger partial charge in [0.15, 0.2) is 0 Å². The van der Waals surface area contributed by atoms with E-state index in [2.05, 4.69) is 10.2 Å². The molecule has 0 spiro atoms. The van der Waals surface area contributed by atoms with Gasteiger partial charge in [-0.2, -0.15) is 0 Å². The molecular formula is C11H9FN2O. The molecule has 1 aromatic heterocycles. The van der Waals surface area contributed by atoms with Crippen LogP contribution in [0, 0.1) is 5.82 Å². The normalized spacial score (nSPS) is 10.0. The van der Waals surface area contributed by atoms with Crippen LogP contribution in [0.2, 0.25) is 0 Å². The van der Waals surface area contributed by atoms with Gasteiger partial charge in [-0.15, -0.1) is 10.2 Å². The molecule has 3 nitrogen and oxygen atoms in total. The molecule has 0 saturated heterocycles. The van der Waals surface area contributed by atoms with Gasteiger partial charge in [0.2, 0.25) is 5.88 Å². The van der Waals surface area contributed by atoms with Crippen LogP contribution in [-0.2, 0) is 0 Å². The second kappa shape index (κ2) is 4.04. The largest absolute Gasteiger partial charge is 0.480 e. The van der Waals surface area contributed by atoms with Gasteiger partial charge in [-0.05, 0) is 18.2 Å². The summed E-state index contributed by atoms with van der Waals surface area (Å²) in [5.41, 5.74) is 0.932. The second-order valence-electron chi connectivity index (χ2n) is 2.94. The van der Waals surface area contributed by atoms with Crippen molar-refractivity contribution in [2.75, 3.05) is 7.11 Å². The first-order chi connectivity index (χ1) is 7.31. The first kappa shape index (κ1) is 9.58. The molecule has 0 atom stereocenters. The van der Waals surface area contributed by atoms with Gasteiger partial charge in [-0.25, -0.2) is 4.39 Å². The third-order valence-corrected chi connectivity index (χ3v) is 2.00. The SMILES string of the molecule is COc1ccc(-c2ccccc2F)nn1. The van der Waals surface area contributed by atoms with E-state index in [4.69, 9.17) is 4.74 Å². The smallest absolute Gasteiger partial charge is 0.233 e. The zero-order valence-corrected chi connectivity index (χ0v) is 8.14. The molecule has 1 aromatic carbocycles. The number of halogens is 1. The Labute approximate surface area is 86.5 Å². The molecule has 0 saturated carbocycles. The monoisotopic (exact) mass is 204 g/mol. The van der Waals surface area contributed by atoms with E-state index in [1.807, 2.05) is 0 Å². The van der Waals surface area contributed by atoms with Crippen molar-refractivity contribution in [3.8, 4) is 17.1 Å². The third-order valence-electron chi connectivity index (χ3n) is 2.00. The van der Waals surface area contributed by atoms with Crippen LogP contribution in [0.4, 0.5) is 4.39 Å². The molecule has 0 aliphatic heterocycles. The lowest BCUT2D eigenvalue weighted by Gasteiger charge is -2.02. The predicted molar refractivity (Wildman–Crippen MR) is 54.0 cm³/mol. The molecule has 0 N–H and O–H groups in total. The van der Waals surface area contributed by atoms with Crippen LogP contribution in [-0.4, -0.2) is 17.3 Å². The average Bonchev–Trinajstić information content (AvgIpc) is 2.30. The van der Waals surface area contributed by atoms with Crippen LogP contribution in [0.5, 0.6) is 5.88 Å². The summed E-state index contributed by atoms with van der Waals surface area (Å²) in [6.45, 7) is 0. The maximum atomic E-state index is 13.4. The van der Waals surface area contributed by atoms with Crippen molar-refractivity contribution >= 4 is 0 Å². The highest BCUT2D eigenvalue weighted by Crippen LogP contribution is 2.20. The first-order valence-electron chi connectivity index (χ1n) is 4.44. The Morgan fingerprint density at radius 3 is 2.47 bits per heavy atom. The fourth-order valence-corrected chi connectivity index (χ4v) is 1.24. The lowest BCUT2D eigenvalue weighted by molar-refractivity contribution is 0.392. The van der Waals surface area contributed by atoms with Crippen molar-refractivity contribution in [1.29, 1.82) is 0 Å². The summed E-state index contributed by atoms with van der Waals surface area (Å²) in [5.74, 6) is 0.104. The Kier molecular flexibility index (Phi) is 2.58. The van der Waals surface area contributed by atoms with Crippen LogP contribution in [0.1, 0.15) is 0 Å². The molecule has 4 heteroatoms. The Hall–Kier alpha value is -1.97. The van der Waals surface area contributed by atoms with Gasteiger partial charge < -0.3 is 4.74 Å². The van der Waals surface area contributed by atoms with Gasteiger partial charge >= 0.3 is 0 Å². The van der Waals surface area contributed by atoms with E-state index in [-0.39, 0.29) is 5.82 Å². The van der Waals surface area contributed by atoms with E-state index >= 15 is 0 Å². The van der Waals surface area contributed by atoms with Gasteiger partial charge in [0.1, 0.15) is 5.82 Å². The number of benzene rings is 1. The fourth-order valence-electron chi connectivity index (χ4n) is 1.24. The Balaban J connectivity index is 2.42. The fraction of sp³-hybridized carbons (Fsp3) is 0.0909. The van der Waals surface area contributed by atoms with Crippen LogP contribution < -0.4 is 4.74 Å². The lowest BCUT2D eigenvalue weighted by atomic mass is 10.1. The predicted octanol–water partition coefficient (Wildman–Crippen LogP) is 2.29. The highest BCUT2D eigenvalue weighted by atomic mass is 19.1. The minimum Gasteiger partial charge on any atom is -0.480 e. The number of hydrogen-bond donors (Lipinski definition) is 0. The van der Waals surface area contributed by atoms with Gasteiger partial charge in [0, 0.05) is 11.6 Å². The van der Waals surface area contributed by atoms with E-state index < -0.39 is 0 Å². The Morgan fingerprint density at radius 1 is 1.07 bits per heavy atom. The zero-order chi connectivity index (χ0) is 10.7. The molecule has 0 unspecified atom stereocenters. The highest BCUT2D eigenvalue weighted by Gasteiger charge is 2.05. The van der Waals surface area contributed by atoms with Crippen LogP contribution in [0.3, 0.4) is 0 Å². The molecule has 2 aromatic rings. The van der Waals surface area contributed by atoms with Gasteiger partial charge in [0.25, 0.3) is 0 Å². The molecular weight excluding hydrogens is 195 g/mol. The maximum absolute atomic E-state index is 13.4. The van der Waals surface area contributed by atoms with Crippen molar-refractivity contribution in [3.63, 3.8) is 0 Å². The second-order valence-corrected chi connectivity index (χ2v) is 2.94. The zero-order valence-electron chi connectivity index (χ0n) is 8.14. The summed E-state index contributed by atoms with van der Waals surface area (Å²) in [4.78, 5) is 0. The van der Waals surface area contributed by atoms with E-state index in [0.29, 0.717) is 17.1 Å². The van der Waals surface area contributed by atoms with Crippen molar-refractivity contribution in [3.05, 3.63) is 42.2 Å². The minimum absolute atomic E-state index is 0.308. The molecule has 0 bridgehead atoms. The average molecular weight is 204 g/mol. The van der Waals surface area contributed by atoms with Crippen LogP contribution in [0.15, 0.2) is 36.4 Å². The number of rotatable bonds is 2. The molecule has 15 heavy (non-hydrogen) atoms. The number of aromatic nitrogens is 2. The van der Waals surface area contributed by atoms with Crippen LogP contribution >= 0.6 is 0 Å². The van der Waals surface area contributed by atoms with E-state index in [0.717, 1.165) is 0 Å². The Morgan fingerprint density at radius 2 is 1.87 bits per heavy atom. The van der Waals surface area contributed by atoms with Gasteiger partial charge in [-0.1, -0.05) is 12.1 Å². The lowest BCUT2D eigenvalue weighted by Crippen LogP contribution is -1.93. The highest BCUT2D eigenvalue weighted by molar-refractivity contribution is 5.59. The molecule has 0 amide bonds. The number of ether oxygens (including phenoxy) is 1. The Bertz CT molecular complexity index is 456. The summed E-state index contributed by atoms with van der Waals surface area (Å²) in [6, 6.07) is 9.76. The summed E-state index contributed by atoms with van der Waals surface area (Å²) >= 11 is 0. The van der Waals surface area contributed by atoms with Crippen molar-refractivity contribution in [2.24, 2.45) is 0 Å². The van der Waals surface area contributed by atoms with Gasteiger partial charge in [-0.3, -0.25) is 0 Å². The molecule has 76 valence electrons. The standard InChI is InChI=1S/C11H9FN2O/c1-15-11-7-6-10(13-14-11)8-4-2-3-5-9(8)12/h2-7H,1H3. The summed E-state index contributed by atoms with van der Waals surface area (Å²) in [5, 5.41) is 7.64. The first-order valence-corrected chi connectivity index (χ1v) is 4.44. The third kappa shape index (κ3) is 1.93. The maximum Gasteiger partial charge on any atom is 0.233 e. The quantitative estimate of drug-likeness (QED) is 0.752. The van der Waals surface area contributed by atoms with Gasteiger partial charge in [0.05, 0.1) is 12.8 Å². The van der Waals surface area contributed by atoms with E-state index in [9.17, 15) is 4.39 Å². The minimum atomic E-state index is -0.308. The van der Waals surface area contributed by atoms with Crippen molar-refractivity contribution in [1.82, 2.24) is 10.2 Å². The molecule has 0 fully saturated rings. The van der Waals surface area contributed by atoms with E-state index in [1.54, 1.807) is 30.3 Å². The molecule has 0 aliphatic rings. The van der Waals surface area contributed by atoms with Crippen molar-refractivity contribution < 1.29 is 9.13 Å². The number of hydrogen-bond acceptors (Lipinski definition) is 3. The molecule has 1 heterocycles. The summed E-state index contributed by atoms with van der Waals surface area (Å²) < 4.78 is 18.2. The van der Waals surface area contributed by atoms with E-state index in [1.165, 1.54) is 13.2 Å².